The molecule has 0 fully saturated rings. The van der Waals surface area contributed by atoms with Gasteiger partial charge in [-0.1, -0.05) is 26.8 Å². The number of carbonyl (C=O) groups is 3. The molecule has 146 valence electrons. The van der Waals surface area contributed by atoms with Crippen molar-refractivity contribution in [1.29, 1.82) is 0 Å². The van der Waals surface area contributed by atoms with Gasteiger partial charge in [0.1, 0.15) is 11.4 Å². The second-order valence-corrected chi connectivity index (χ2v) is 7.79. The number of nitrogens with zero attached hydrogens (tertiary/aromatic N) is 1. The Morgan fingerprint density at radius 3 is 2.30 bits per heavy atom. The fourth-order valence-electron chi connectivity index (χ4n) is 2.34. The number of amides is 3. The first-order chi connectivity index (χ1) is 12.4. The fourth-order valence-corrected chi connectivity index (χ4v) is 2.34. The minimum absolute atomic E-state index is 0.000789. The summed E-state index contributed by atoms with van der Waals surface area (Å²) in [6.07, 6.45) is 0. The standard InChI is InChI=1S/C19H26N4O4/c1-10(19(2,3)4)20-13-14(17(26)22-16(13)25)21-12-9-7-8-11(15(12)24)18(27)23(5)6/h7-10,24H,1-6H3,(H3,20,21,22,25,26)/t10-/m1/s1. The highest BCUT2D eigenvalue weighted by Gasteiger charge is 2.34. The van der Waals surface area contributed by atoms with E-state index in [1.807, 2.05) is 27.7 Å². The van der Waals surface area contributed by atoms with Crippen LogP contribution in [-0.2, 0) is 9.59 Å². The molecule has 8 nitrogen and oxygen atoms in total. The summed E-state index contributed by atoms with van der Waals surface area (Å²) in [6, 6.07) is 4.49. The van der Waals surface area contributed by atoms with E-state index < -0.39 is 11.8 Å². The van der Waals surface area contributed by atoms with E-state index in [-0.39, 0.29) is 45.8 Å². The summed E-state index contributed by atoms with van der Waals surface area (Å²) < 4.78 is 0. The molecule has 0 aliphatic carbocycles. The van der Waals surface area contributed by atoms with Gasteiger partial charge in [0.25, 0.3) is 17.7 Å². The molecule has 3 amide bonds. The third kappa shape index (κ3) is 4.21. The number of nitrogens with one attached hydrogen (secondary N) is 3. The molecule has 1 heterocycles. The summed E-state index contributed by atoms with van der Waals surface area (Å²) in [5, 5.41) is 18.5. The number of hydrogen-bond acceptors (Lipinski definition) is 6. The second-order valence-electron chi connectivity index (χ2n) is 7.79. The van der Waals surface area contributed by atoms with Crippen molar-refractivity contribution in [2.45, 2.75) is 33.7 Å². The Hall–Kier alpha value is -3.03. The molecule has 8 heteroatoms. The highest BCUT2D eigenvalue weighted by atomic mass is 16.3. The lowest BCUT2D eigenvalue weighted by atomic mass is 9.88. The lowest BCUT2D eigenvalue weighted by Gasteiger charge is -2.29. The zero-order chi connectivity index (χ0) is 20.5. The van der Waals surface area contributed by atoms with Gasteiger partial charge in [0, 0.05) is 20.1 Å². The van der Waals surface area contributed by atoms with Crippen molar-refractivity contribution in [3.8, 4) is 5.75 Å². The highest BCUT2D eigenvalue weighted by Crippen LogP contribution is 2.30. The number of anilines is 1. The van der Waals surface area contributed by atoms with E-state index in [9.17, 15) is 19.5 Å². The molecule has 2 rings (SSSR count). The molecule has 4 N–H and O–H groups in total. The molecule has 1 aromatic rings. The van der Waals surface area contributed by atoms with Crippen LogP contribution in [0.2, 0.25) is 0 Å². The zero-order valence-electron chi connectivity index (χ0n) is 16.4. The number of phenolic OH excluding ortho intramolecular Hbond substituents is 1. The predicted molar refractivity (Wildman–Crippen MR) is 102 cm³/mol. The van der Waals surface area contributed by atoms with Gasteiger partial charge in [0.2, 0.25) is 0 Å². The first kappa shape index (κ1) is 20.3. The van der Waals surface area contributed by atoms with E-state index in [4.69, 9.17) is 0 Å². The Morgan fingerprint density at radius 2 is 1.74 bits per heavy atom. The van der Waals surface area contributed by atoms with Crippen molar-refractivity contribution in [1.82, 2.24) is 15.5 Å². The van der Waals surface area contributed by atoms with E-state index in [0.29, 0.717) is 0 Å². The summed E-state index contributed by atoms with van der Waals surface area (Å²) >= 11 is 0. The Morgan fingerprint density at radius 1 is 1.15 bits per heavy atom. The first-order valence-electron chi connectivity index (χ1n) is 8.60. The zero-order valence-corrected chi connectivity index (χ0v) is 16.4. The number of aromatic hydroxyl groups is 1. The fraction of sp³-hybridized carbons (Fsp3) is 0.421. The Kier molecular flexibility index (Phi) is 5.48. The molecule has 1 atom stereocenters. The van der Waals surface area contributed by atoms with Gasteiger partial charge in [0.05, 0.1) is 11.3 Å². The Bertz CT molecular complexity index is 821. The van der Waals surface area contributed by atoms with E-state index in [1.165, 1.54) is 17.0 Å². The molecule has 1 aliphatic heterocycles. The number of imide groups is 1. The van der Waals surface area contributed by atoms with Gasteiger partial charge in [-0.2, -0.15) is 0 Å². The van der Waals surface area contributed by atoms with Crippen LogP contribution in [-0.4, -0.2) is 47.9 Å². The van der Waals surface area contributed by atoms with Crippen LogP contribution in [0.3, 0.4) is 0 Å². The van der Waals surface area contributed by atoms with Gasteiger partial charge in [-0.3, -0.25) is 19.7 Å². The van der Waals surface area contributed by atoms with Crippen LogP contribution in [0.1, 0.15) is 38.1 Å². The molecule has 0 aromatic heterocycles. The van der Waals surface area contributed by atoms with Gasteiger partial charge in [-0.15, -0.1) is 0 Å². The molecule has 0 radical (unpaired) electrons. The SMILES string of the molecule is C[C@@H](NC1=C(Nc2cccc(C(=O)N(C)C)c2O)C(=O)NC1=O)C(C)(C)C. The minimum Gasteiger partial charge on any atom is -0.505 e. The predicted octanol–water partition coefficient (Wildman–Crippen LogP) is 1.40. The van der Waals surface area contributed by atoms with Crippen LogP contribution in [0.15, 0.2) is 29.6 Å². The van der Waals surface area contributed by atoms with Crippen LogP contribution in [0.5, 0.6) is 5.75 Å². The third-order valence-corrected chi connectivity index (χ3v) is 4.52. The lowest BCUT2D eigenvalue weighted by Crippen LogP contribution is -2.40. The van der Waals surface area contributed by atoms with Gasteiger partial charge in [0.15, 0.2) is 5.75 Å². The average molecular weight is 374 g/mol. The largest absolute Gasteiger partial charge is 0.505 e. The smallest absolute Gasteiger partial charge is 0.276 e. The van der Waals surface area contributed by atoms with E-state index in [2.05, 4.69) is 16.0 Å². The Labute approximate surface area is 158 Å². The summed E-state index contributed by atoms with van der Waals surface area (Å²) in [5.74, 6) is -1.82. The summed E-state index contributed by atoms with van der Waals surface area (Å²) in [5.41, 5.74) is 0.203. The summed E-state index contributed by atoms with van der Waals surface area (Å²) in [7, 11) is 3.15. The number of phenols is 1. The molecule has 0 unspecified atom stereocenters. The molecule has 0 bridgehead atoms. The van der Waals surface area contributed by atoms with E-state index >= 15 is 0 Å². The van der Waals surface area contributed by atoms with Crippen LogP contribution in [0.25, 0.3) is 0 Å². The maximum absolute atomic E-state index is 12.2. The topological polar surface area (TPSA) is 111 Å². The molecule has 0 saturated heterocycles. The molecule has 0 spiro atoms. The Balaban J connectivity index is 2.41. The van der Waals surface area contributed by atoms with Crippen molar-refractivity contribution in [3.05, 3.63) is 35.2 Å². The molecule has 1 aliphatic rings. The van der Waals surface area contributed by atoms with Crippen LogP contribution in [0.4, 0.5) is 5.69 Å². The second kappa shape index (κ2) is 7.30. The summed E-state index contributed by atoms with van der Waals surface area (Å²) in [6.45, 7) is 7.94. The van der Waals surface area contributed by atoms with E-state index in [0.717, 1.165) is 0 Å². The monoisotopic (exact) mass is 374 g/mol. The number of carbonyl (C=O) groups excluding carboxylic acids is 3. The van der Waals surface area contributed by atoms with Gasteiger partial charge in [-0.25, -0.2) is 0 Å². The van der Waals surface area contributed by atoms with Crippen molar-refractivity contribution in [2.75, 3.05) is 19.4 Å². The van der Waals surface area contributed by atoms with Crippen molar-refractivity contribution in [3.63, 3.8) is 0 Å². The number of rotatable bonds is 5. The van der Waals surface area contributed by atoms with Crippen molar-refractivity contribution < 1.29 is 19.5 Å². The van der Waals surface area contributed by atoms with Crippen LogP contribution < -0.4 is 16.0 Å². The molecule has 27 heavy (non-hydrogen) atoms. The first-order valence-corrected chi connectivity index (χ1v) is 8.60. The highest BCUT2D eigenvalue weighted by molar-refractivity contribution is 6.20. The average Bonchev–Trinajstić information content (AvgIpc) is 2.82. The van der Waals surface area contributed by atoms with Gasteiger partial charge < -0.3 is 20.6 Å². The quantitative estimate of drug-likeness (QED) is 0.458. The third-order valence-electron chi connectivity index (χ3n) is 4.52. The summed E-state index contributed by atoms with van der Waals surface area (Å²) in [4.78, 5) is 37.9. The lowest BCUT2D eigenvalue weighted by molar-refractivity contribution is -0.124. The van der Waals surface area contributed by atoms with Crippen LogP contribution in [0, 0.1) is 5.41 Å². The minimum atomic E-state index is -0.604. The maximum Gasteiger partial charge on any atom is 0.276 e. The molecule has 0 saturated carbocycles. The van der Waals surface area contributed by atoms with Gasteiger partial charge in [-0.05, 0) is 24.5 Å². The number of benzene rings is 1. The van der Waals surface area contributed by atoms with Crippen molar-refractivity contribution in [2.24, 2.45) is 5.41 Å². The van der Waals surface area contributed by atoms with Crippen molar-refractivity contribution >= 4 is 23.4 Å². The normalized spacial score (nSPS) is 15.5. The van der Waals surface area contributed by atoms with Gasteiger partial charge >= 0.3 is 0 Å². The maximum atomic E-state index is 12.2. The number of hydrogen-bond donors (Lipinski definition) is 4. The molecular formula is C19H26N4O4. The number of para-hydroxylation sites is 1. The van der Waals surface area contributed by atoms with Crippen LogP contribution >= 0.6 is 0 Å². The van der Waals surface area contributed by atoms with E-state index in [1.54, 1.807) is 20.2 Å². The molecule has 1 aromatic carbocycles. The molecular weight excluding hydrogens is 348 g/mol.